The van der Waals surface area contributed by atoms with Crippen LogP contribution in [0.5, 0.6) is 17.2 Å². The SMILES string of the molecule is C.C.CCOC(=O)c1nn(-c2ccccc2Cl)c(-c2ccc(OC)cc2)c1C.Cc1c(C(=O)NCCCC(=O)O)nn(-c2ccccc2Cl)c1-c1ccc(O)cc1.Cc1c(C(=O)O)nn(-c2ccccc2Cl)c1-c1ccc(O)cc1. The minimum atomic E-state index is -1.10. The number of carboxylic acid groups (broad SMARTS) is 2. The van der Waals surface area contributed by atoms with Crippen molar-refractivity contribution in [3.05, 3.63) is 194 Å². The number of nitrogens with one attached hydrogen (secondary N) is 1. The number of hydrogen-bond acceptors (Lipinski definition) is 11. The number of phenolic OH excluding ortho intramolecular Hbond substituents is 2. The van der Waals surface area contributed by atoms with Gasteiger partial charge < -0.3 is 35.2 Å². The summed E-state index contributed by atoms with van der Waals surface area (Å²) in [6, 6.07) is 42.3. The van der Waals surface area contributed by atoms with Gasteiger partial charge in [0.25, 0.3) is 5.91 Å². The summed E-state index contributed by atoms with van der Waals surface area (Å²) in [6.07, 6.45) is 0.308. The van der Waals surface area contributed by atoms with Crippen LogP contribution in [0, 0.1) is 20.8 Å². The van der Waals surface area contributed by atoms with Gasteiger partial charge in [0.1, 0.15) is 17.2 Å². The molecule has 20 heteroatoms. The number of amides is 1. The van der Waals surface area contributed by atoms with Crippen molar-refractivity contribution in [2.45, 2.75) is 55.4 Å². The third-order valence-electron chi connectivity index (χ3n) is 12.0. The van der Waals surface area contributed by atoms with Gasteiger partial charge in [0.2, 0.25) is 0 Å². The maximum Gasteiger partial charge on any atom is 0.359 e. The van der Waals surface area contributed by atoms with Crippen molar-refractivity contribution in [3.63, 3.8) is 0 Å². The van der Waals surface area contributed by atoms with Gasteiger partial charge in [-0.15, -0.1) is 0 Å². The third-order valence-corrected chi connectivity index (χ3v) is 13.0. The molecule has 0 aliphatic rings. The predicted molar refractivity (Wildman–Crippen MR) is 312 cm³/mol. The molecule has 0 radical (unpaired) electrons. The summed E-state index contributed by atoms with van der Waals surface area (Å²) >= 11 is 19.0. The van der Waals surface area contributed by atoms with E-state index in [9.17, 15) is 34.5 Å². The lowest BCUT2D eigenvalue weighted by Gasteiger charge is -2.10. The molecule has 0 aliphatic carbocycles. The molecule has 3 heterocycles. The zero-order valence-electron chi connectivity index (χ0n) is 42.7. The third kappa shape index (κ3) is 14.2. The number of para-hydroxylation sites is 3. The Morgan fingerprint density at radius 2 is 0.900 bits per heavy atom. The van der Waals surface area contributed by atoms with Crippen LogP contribution in [0.25, 0.3) is 50.8 Å². The second-order valence-electron chi connectivity index (χ2n) is 17.2. The number of halogens is 3. The highest BCUT2D eigenvalue weighted by Gasteiger charge is 2.26. The van der Waals surface area contributed by atoms with Crippen LogP contribution in [-0.2, 0) is 9.53 Å². The number of benzene rings is 6. The smallest absolute Gasteiger partial charge is 0.359 e. The minimum Gasteiger partial charge on any atom is -0.508 e. The van der Waals surface area contributed by atoms with Gasteiger partial charge in [-0.1, -0.05) is 86.1 Å². The van der Waals surface area contributed by atoms with E-state index in [-0.39, 0.29) is 63.0 Å². The highest BCUT2D eigenvalue weighted by Crippen LogP contribution is 2.36. The van der Waals surface area contributed by atoms with Crippen molar-refractivity contribution in [1.29, 1.82) is 0 Å². The number of rotatable bonds is 15. The number of esters is 1. The van der Waals surface area contributed by atoms with E-state index < -0.39 is 23.8 Å². The lowest BCUT2D eigenvalue weighted by molar-refractivity contribution is -0.137. The van der Waals surface area contributed by atoms with E-state index in [4.69, 9.17) is 49.4 Å². The fourth-order valence-electron chi connectivity index (χ4n) is 8.22. The zero-order chi connectivity index (χ0) is 56.2. The molecule has 0 unspecified atom stereocenters. The summed E-state index contributed by atoms with van der Waals surface area (Å²) in [5.41, 5.74) is 8.74. The molecule has 6 aromatic carbocycles. The van der Waals surface area contributed by atoms with Crippen molar-refractivity contribution in [2.24, 2.45) is 0 Å². The number of hydrogen-bond donors (Lipinski definition) is 5. The molecule has 3 aromatic heterocycles. The van der Waals surface area contributed by atoms with Gasteiger partial charge in [0.05, 0.1) is 62.9 Å². The van der Waals surface area contributed by atoms with Crippen molar-refractivity contribution < 1.29 is 49.1 Å². The Morgan fingerprint density at radius 3 is 1.27 bits per heavy atom. The van der Waals surface area contributed by atoms with E-state index >= 15 is 0 Å². The van der Waals surface area contributed by atoms with Crippen LogP contribution in [0.1, 0.15) is 82.8 Å². The standard InChI is InChI=1S/C21H20ClN3O4.C20H19ClN2O3.C17H13ClN2O3.2CH4/c1-13-19(21(29)23-12-4-7-18(27)28)24-25(17-6-3-2-5-16(17)22)20(13)14-8-10-15(26)11-9-14;1-4-26-20(24)18-13(2)19(14-9-11-15(25-3)12-10-14)23(22-18)17-8-6-5-7-16(17)21;1-10-15(17(22)23)19-20(14-5-3-2-4-13(14)18)16(10)11-6-8-12(21)9-7-11;;/h2-3,5-6,8-11,26H,4,7,12H2,1H3,(H,23,29)(H,27,28);5-12H,4H2,1-3H3;2-9,21H,1H3,(H,22,23);2*1H4. The monoisotopic (exact) mass is 1140 g/mol. The molecular formula is C60H60Cl3N7O10. The summed E-state index contributed by atoms with van der Waals surface area (Å²) < 4.78 is 15.2. The van der Waals surface area contributed by atoms with E-state index in [1.807, 2.05) is 55.5 Å². The average molecular weight is 1150 g/mol. The summed E-state index contributed by atoms with van der Waals surface area (Å²) in [5.74, 6) is -1.84. The number of ether oxygens (including phenoxy) is 2. The van der Waals surface area contributed by atoms with Crippen LogP contribution in [0.15, 0.2) is 146 Å². The number of aliphatic carboxylic acids is 1. The Hall–Kier alpha value is -8.90. The molecule has 1 amide bonds. The van der Waals surface area contributed by atoms with Gasteiger partial charge in [-0.3, -0.25) is 9.59 Å². The Bertz CT molecular complexity index is 3610. The number of aromatic nitrogens is 6. The Labute approximate surface area is 478 Å². The largest absolute Gasteiger partial charge is 0.508 e. The van der Waals surface area contributed by atoms with Gasteiger partial charge in [0.15, 0.2) is 17.1 Å². The lowest BCUT2D eigenvalue weighted by atomic mass is 10.1. The van der Waals surface area contributed by atoms with Crippen LogP contribution in [-0.4, -0.2) is 93.8 Å². The van der Waals surface area contributed by atoms with Gasteiger partial charge in [-0.25, -0.2) is 23.6 Å². The molecule has 9 aromatic rings. The molecule has 80 heavy (non-hydrogen) atoms. The number of carboxylic acids is 2. The van der Waals surface area contributed by atoms with E-state index in [1.165, 1.54) is 4.68 Å². The molecule has 0 spiro atoms. The van der Waals surface area contributed by atoms with E-state index in [2.05, 4.69) is 20.6 Å². The molecule has 5 N–H and O–H groups in total. The molecule has 0 fully saturated rings. The minimum absolute atomic E-state index is 0. The molecule has 0 bridgehead atoms. The maximum absolute atomic E-state index is 12.7. The number of carbonyl (C=O) groups is 4. The van der Waals surface area contributed by atoms with Gasteiger partial charge in [-0.2, -0.15) is 15.3 Å². The number of carbonyl (C=O) groups excluding carboxylic acids is 2. The Morgan fingerprint density at radius 1 is 0.537 bits per heavy atom. The maximum atomic E-state index is 12.7. The number of aromatic hydroxyl groups is 2. The van der Waals surface area contributed by atoms with Crippen LogP contribution in [0.3, 0.4) is 0 Å². The van der Waals surface area contributed by atoms with Gasteiger partial charge in [0, 0.05) is 46.3 Å². The van der Waals surface area contributed by atoms with E-state index in [1.54, 1.807) is 134 Å². The summed E-state index contributed by atoms with van der Waals surface area (Å²) in [7, 11) is 1.62. The number of methoxy groups -OCH3 is 1. The Kier molecular flexibility index (Phi) is 21.8. The first-order valence-corrected chi connectivity index (χ1v) is 25.2. The average Bonchev–Trinajstić information content (AvgIpc) is 4.25. The second kappa shape index (κ2) is 28.1. The summed E-state index contributed by atoms with van der Waals surface area (Å²) in [5, 5.41) is 54.5. The molecule has 0 atom stereocenters. The van der Waals surface area contributed by atoms with Crippen molar-refractivity contribution in [1.82, 2.24) is 34.7 Å². The molecule has 0 aliphatic heterocycles. The van der Waals surface area contributed by atoms with Crippen LogP contribution in [0.2, 0.25) is 15.1 Å². The molecular weight excluding hydrogens is 1090 g/mol. The second-order valence-corrected chi connectivity index (χ2v) is 18.4. The topological polar surface area (TPSA) is 233 Å². The molecule has 0 saturated heterocycles. The van der Waals surface area contributed by atoms with E-state index in [0.717, 1.165) is 33.7 Å². The molecule has 17 nitrogen and oxygen atoms in total. The highest BCUT2D eigenvalue weighted by atomic mass is 35.5. The van der Waals surface area contributed by atoms with Gasteiger partial charge in [-0.05, 0) is 143 Å². The zero-order valence-corrected chi connectivity index (χ0v) is 45.0. The van der Waals surface area contributed by atoms with E-state index in [0.29, 0.717) is 61.1 Å². The van der Waals surface area contributed by atoms with Crippen molar-refractivity contribution in [2.75, 3.05) is 20.3 Å². The number of nitrogens with zero attached hydrogens (tertiary/aromatic N) is 6. The van der Waals surface area contributed by atoms with Crippen LogP contribution in [0.4, 0.5) is 0 Å². The fourth-order valence-corrected chi connectivity index (χ4v) is 8.87. The lowest BCUT2D eigenvalue weighted by Crippen LogP contribution is -2.26. The van der Waals surface area contributed by atoms with Crippen LogP contribution < -0.4 is 10.1 Å². The summed E-state index contributed by atoms with van der Waals surface area (Å²) in [4.78, 5) is 47.1. The first kappa shape index (κ1) is 61.9. The van der Waals surface area contributed by atoms with Crippen molar-refractivity contribution >= 4 is 58.6 Å². The Balaban J connectivity index is 0.000000219. The van der Waals surface area contributed by atoms with Crippen molar-refractivity contribution in [3.8, 4) is 68.1 Å². The molecule has 9 rings (SSSR count). The fraction of sp³-hybridized carbons (Fsp3) is 0.183. The summed E-state index contributed by atoms with van der Waals surface area (Å²) in [6.45, 7) is 7.63. The first-order chi connectivity index (χ1) is 37.4. The highest BCUT2D eigenvalue weighted by molar-refractivity contribution is 6.33. The molecule has 416 valence electrons. The normalized spacial score (nSPS) is 10.4. The quantitative estimate of drug-likeness (QED) is 0.0475. The predicted octanol–water partition coefficient (Wildman–Crippen LogP) is 13.7. The first-order valence-electron chi connectivity index (χ1n) is 24.1. The molecule has 0 saturated carbocycles. The van der Waals surface area contributed by atoms with Gasteiger partial charge >= 0.3 is 17.9 Å². The van der Waals surface area contributed by atoms with Crippen LogP contribution >= 0.6 is 34.8 Å². The number of aromatic carboxylic acids is 1. The number of phenols is 2.